The molecule has 0 radical (unpaired) electrons. The van der Waals surface area contributed by atoms with Gasteiger partial charge in [-0.1, -0.05) is 6.92 Å². The quantitative estimate of drug-likeness (QED) is 0.703. The maximum atomic E-state index is 5.67. The van der Waals surface area contributed by atoms with Crippen LogP contribution in [0.3, 0.4) is 0 Å². The second-order valence-corrected chi connectivity index (χ2v) is 6.20. The van der Waals surface area contributed by atoms with E-state index in [4.69, 9.17) is 4.74 Å². The predicted octanol–water partition coefficient (Wildman–Crippen LogP) is 4.62. The normalized spacial score (nSPS) is 11.2. The Kier molecular flexibility index (Phi) is 4.31. The van der Waals surface area contributed by atoms with Crippen molar-refractivity contribution >= 4 is 10.8 Å². The fourth-order valence-electron chi connectivity index (χ4n) is 3.65. The highest BCUT2D eigenvalue weighted by Crippen LogP contribution is 2.33. The van der Waals surface area contributed by atoms with Crippen LogP contribution >= 0.6 is 0 Å². The maximum absolute atomic E-state index is 5.67. The van der Waals surface area contributed by atoms with Gasteiger partial charge in [-0.25, -0.2) is 0 Å². The first-order valence-corrected chi connectivity index (χ1v) is 8.57. The molecule has 3 rings (SSSR count). The summed E-state index contributed by atoms with van der Waals surface area (Å²) >= 11 is 0. The van der Waals surface area contributed by atoms with Gasteiger partial charge in [0.15, 0.2) is 0 Å². The molecule has 24 heavy (non-hydrogen) atoms. The fourth-order valence-corrected chi connectivity index (χ4v) is 3.65. The lowest BCUT2D eigenvalue weighted by Gasteiger charge is -2.15. The Morgan fingerprint density at radius 3 is 2.00 bits per heavy atom. The third kappa shape index (κ3) is 2.46. The van der Waals surface area contributed by atoms with E-state index in [0.29, 0.717) is 6.61 Å². The molecule has 0 N–H and O–H groups in total. The molecule has 0 aliphatic rings. The molecule has 0 fully saturated rings. The van der Waals surface area contributed by atoms with Gasteiger partial charge in [0, 0.05) is 27.8 Å². The van der Waals surface area contributed by atoms with Gasteiger partial charge in [0.25, 0.3) is 0 Å². The van der Waals surface area contributed by atoms with Crippen molar-refractivity contribution in [2.75, 3.05) is 6.61 Å². The average Bonchev–Trinajstić information content (AvgIpc) is 2.83. The summed E-state index contributed by atoms with van der Waals surface area (Å²) in [5.74, 6) is 0.931. The Bertz CT molecular complexity index is 864. The molecule has 1 aromatic carbocycles. The molecule has 4 nitrogen and oxygen atoms in total. The Morgan fingerprint density at radius 2 is 1.50 bits per heavy atom. The van der Waals surface area contributed by atoms with Crippen LogP contribution < -0.4 is 4.74 Å². The number of benzene rings is 1. The van der Waals surface area contributed by atoms with E-state index >= 15 is 0 Å². The smallest absolute Gasteiger partial charge is 0.119 e. The highest BCUT2D eigenvalue weighted by Gasteiger charge is 2.19. The first-order valence-electron chi connectivity index (χ1n) is 8.57. The van der Waals surface area contributed by atoms with Gasteiger partial charge in [-0.3, -0.25) is 0 Å². The van der Waals surface area contributed by atoms with Gasteiger partial charge in [0.05, 0.1) is 18.0 Å². The van der Waals surface area contributed by atoms with E-state index in [-0.39, 0.29) is 0 Å². The van der Waals surface area contributed by atoms with Crippen molar-refractivity contribution in [3.05, 3.63) is 46.5 Å². The lowest BCUT2D eigenvalue weighted by atomic mass is 10.1. The standard InChI is InChI=1S/C20H25N3O/c1-7-16-11-17(24-8-2)9-10-18(16)23-14(5)19-12(3)21-22-13(4)20(19)15(23)6/h9-11H,7-8H2,1-6H3. The molecule has 0 aliphatic heterocycles. The van der Waals surface area contributed by atoms with Crippen molar-refractivity contribution in [3.63, 3.8) is 0 Å². The summed E-state index contributed by atoms with van der Waals surface area (Å²) in [5, 5.41) is 11.1. The van der Waals surface area contributed by atoms with Crippen LogP contribution in [-0.4, -0.2) is 21.4 Å². The lowest BCUT2D eigenvalue weighted by molar-refractivity contribution is 0.340. The molecule has 4 heteroatoms. The van der Waals surface area contributed by atoms with Gasteiger partial charge in [-0.15, -0.1) is 0 Å². The predicted molar refractivity (Wildman–Crippen MR) is 98.4 cm³/mol. The molecule has 2 aromatic heterocycles. The molecule has 0 atom stereocenters. The topological polar surface area (TPSA) is 39.9 Å². The monoisotopic (exact) mass is 323 g/mol. The molecule has 0 aliphatic carbocycles. The summed E-state index contributed by atoms with van der Waals surface area (Å²) in [7, 11) is 0. The van der Waals surface area contributed by atoms with Gasteiger partial charge in [0.2, 0.25) is 0 Å². The van der Waals surface area contributed by atoms with E-state index in [1.165, 1.54) is 33.4 Å². The van der Waals surface area contributed by atoms with Crippen molar-refractivity contribution in [3.8, 4) is 11.4 Å². The first-order chi connectivity index (χ1) is 11.5. The molecule has 0 saturated heterocycles. The molecule has 0 saturated carbocycles. The number of aromatic nitrogens is 3. The number of nitrogens with zero attached hydrogens (tertiary/aromatic N) is 3. The third-order valence-corrected chi connectivity index (χ3v) is 4.70. The van der Waals surface area contributed by atoms with Gasteiger partial charge < -0.3 is 9.30 Å². The van der Waals surface area contributed by atoms with Gasteiger partial charge in [-0.2, -0.15) is 10.2 Å². The second-order valence-electron chi connectivity index (χ2n) is 6.20. The number of hydrogen-bond acceptors (Lipinski definition) is 3. The van der Waals surface area contributed by atoms with Gasteiger partial charge in [-0.05, 0) is 64.8 Å². The molecular formula is C20H25N3O. The van der Waals surface area contributed by atoms with Gasteiger partial charge >= 0.3 is 0 Å². The Labute approximate surface area is 143 Å². The Morgan fingerprint density at radius 1 is 0.917 bits per heavy atom. The molecule has 0 bridgehead atoms. The SMILES string of the molecule is CCOc1ccc(-n2c(C)c3c(C)nnc(C)c3c2C)c(CC)c1. The van der Waals surface area contributed by atoms with E-state index in [9.17, 15) is 0 Å². The highest BCUT2D eigenvalue weighted by molar-refractivity contribution is 5.92. The molecule has 126 valence electrons. The highest BCUT2D eigenvalue weighted by atomic mass is 16.5. The number of fused-ring (bicyclic) bond motifs is 1. The van der Waals surface area contributed by atoms with Crippen LogP contribution in [0.1, 0.15) is 42.2 Å². The van der Waals surface area contributed by atoms with Crippen LogP contribution in [0.5, 0.6) is 5.75 Å². The summed E-state index contributed by atoms with van der Waals surface area (Å²) in [6, 6.07) is 6.37. The van der Waals surface area contributed by atoms with Crippen LogP contribution in [0, 0.1) is 27.7 Å². The molecule has 0 unspecified atom stereocenters. The van der Waals surface area contributed by atoms with Gasteiger partial charge in [0.1, 0.15) is 5.75 Å². The van der Waals surface area contributed by atoms with E-state index in [1.807, 2.05) is 20.8 Å². The summed E-state index contributed by atoms with van der Waals surface area (Å²) in [6.45, 7) is 13.3. The third-order valence-electron chi connectivity index (χ3n) is 4.70. The molecule has 3 aromatic rings. The summed E-state index contributed by atoms with van der Waals surface area (Å²) in [6.07, 6.45) is 0.956. The molecule has 0 spiro atoms. The number of rotatable bonds is 4. The average molecular weight is 323 g/mol. The summed E-state index contributed by atoms with van der Waals surface area (Å²) in [4.78, 5) is 0. The van der Waals surface area contributed by atoms with E-state index < -0.39 is 0 Å². The van der Waals surface area contributed by atoms with Crippen molar-refractivity contribution in [1.29, 1.82) is 0 Å². The van der Waals surface area contributed by atoms with Crippen LogP contribution in [-0.2, 0) is 6.42 Å². The Hall–Kier alpha value is -2.36. The van der Waals surface area contributed by atoms with Crippen LogP contribution in [0.4, 0.5) is 0 Å². The minimum Gasteiger partial charge on any atom is -0.494 e. The molecule has 2 heterocycles. The van der Waals surface area contributed by atoms with Crippen LogP contribution in [0.15, 0.2) is 18.2 Å². The number of aryl methyl sites for hydroxylation is 5. The fraction of sp³-hybridized carbons (Fsp3) is 0.400. The largest absolute Gasteiger partial charge is 0.494 e. The van der Waals surface area contributed by atoms with Crippen molar-refractivity contribution in [2.24, 2.45) is 0 Å². The van der Waals surface area contributed by atoms with E-state index in [1.54, 1.807) is 0 Å². The van der Waals surface area contributed by atoms with E-state index in [0.717, 1.165) is 23.6 Å². The zero-order valence-electron chi connectivity index (χ0n) is 15.4. The molecular weight excluding hydrogens is 298 g/mol. The van der Waals surface area contributed by atoms with E-state index in [2.05, 4.69) is 53.7 Å². The zero-order chi connectivity index (χ0) is 17.4. The van der Waals surface area contributed by atoms with Crippen LogP contribution in [0.25, 0.3) is 16.5 Å². The van der Waals surface area contributed by atoms with Crippen molar-refractivity contribution in [2.45, 2.75) is 48.0 Å². The lowest BCUT2D eigenvalue weighted by Crippen LogP contribution is -2.04. The Balaban J connectivity index is 2.31. The first kappa shape index (κ1) is 16.5. The number of ether oxygens (including phenoxy) is 1. The zero-order valence-corrected chi connectivity index (χ0v) is 15.4. The second kappa shape index (κ2) is 6.27. The van der Waals surface area contributed by atoms with Crippen molar-refractivity contribution in [1.82, 2.24) is 14.8 Å². The molecule has 0 amide bonds. The minimum absolute atomic E-state index is 0.684. The van der Waals surface area contributed by atoms with Crippen molar-refractivity contribution < 1.29 is 4.74 Å². The maximum Gasteiger partial charge on any atom is 0.119 e. The summed E-state index contributed by atoms with van der Waals surface area (Å²) < 4.78 is 8.00. The minimum atomic E-state index is 0.684. The summed E-state index contributed by atoms with van der Waals surface area (Å²) in [5.41, 5.74) is 6.90. The number of hydrogen-bond donors (Lipinski definition) is 0. The van der Waals surface area contributed by atoms with Crippen LogP contribution in [0.2, 0.25) is 0 Å².